The van der Waals surface area contributed by atoms with Crippen molar-refractivity contribution >= 4 is 17.2 Å². The summed E-state index contributed by atoms with van der Waals surface area (Å²) in [5.74, 6) is 0.0679. The van der Waals surface area contributed by atoms with Crippen LogP contribution in [0.2, 0.25) is 0 Å². The number of thiazole rings is 1. The standard InChI is InChI=1S/C9H13N3OS/c1-6-5-14-8(11-6)2-3-12-4-7(10)9(12)13/h5,7H,2-4,10H2,1H3. The van der Waals surface area contributed by atoms with Gasteiger partial charge in [0.1, 0.15) is 6.04 Å². The summed E-state index contributed by atoms with van der Waals surface area (Å²) >= 11 is 1.65. The van der Waals surface area contributed by atoms with Gasteiger partial charge in [0, 0.05) is 30.6 Å². The molecule has 2 rings (SSSR count). The number of nitrogens with two attached hydrogens (primary N) is 1. The van der Waals surface area contributed by atoms with E-state index >= 15 is 0 Å². The van der Waals surface area contributed by atoms with Crippen LogP contribution in [0.3, 0.4) is 0 Å². The Kier molecular flexibility index (Phi) is 2.52. The molecule has 1 unspecified atom stereocenters. The van der Waals surface area contributed by atoms with Crippen molar-refractivity contribution in [1.82, 2.24) is 9.88 Å². The topological polar surface area (TPSA) is 59.2 Å². The third-order valence-electron chi connectivity index (χ3n) is 2.31. The van der Waals surface area contributed by atoms with E-state index in [4.69, 9.17) is 5.73 Å². The first-order chi connectivity index (χ1) is 6.66. The van der Waals surface area contributed by atoms with Crippen LogP contribution >= 0.6 is 11.3 Å². The van der Waals surface area contributed by atoms with E-state index in [0.29, 0.717) is 6.54 Å². The Morgan fingerprint density at radius 1 is 1.79 bits per heavy atom. The van der Waals surface area contributed by atoms with E-state index in [-0.39, 0.29) is 11.9 Å². The van der Waals surface area contributed by atoms with Crippen molar-refractivity contribution in [1.29, 1.82) is 0 Å². The monoisotopic (exact) mass is 211 g/mol. The molecule has 1 saturated heterocycles. The molecule has 0 bridgehead atoms. The van der Waals surface area contributed by atoms with Crippen LogP contribution in [0, 0.1) is 6.92 Å². The van der Waals surface area contributed by atoms with Gasteiger partial charge in [0.05, 0.1) is 5.01 Å². The molecule has 0 aromatic carbocycles. The van der Waals surface area contributed by atoms with Crippen molar-refractivity contribution in [2.75, 3.05) is 13.1 Å². The zero-order chi connectivity index (χ0) is 10.1. The van der Waals surface area contributed by atoms with Gasteiger partial charge < -0.3 is 10.6 Å². The summed E-state index contributed by atoms with van der Waals surface area (Å²) in [6.07, 6.45) is 0.844. The summed E-state index contributed by atoms with van der Waals surface area (Å²) in [5, 5.41) is 3.12. The van der Waals surface area contributed by atoms with Crippen LogP contribution in [0.5, 0.6) is 0 Å². The van der Waals surface area contributed by atoms with Crippen LogP contribution in [-0.2, 0) is 11.2 Å². The highest BCUT2D eigenvalue weighted by Crippen LogP contribution is 2.13. The van der Waals surface area contributed by atoms with Crippen LogP contribution < -0.4 is 5.73 Å². The first-order valence-electron chi connectivity index (χ1n) is 4.62. The number of β-lactam (4-membered cyclic amide) rings is 1. The highest BCUT2D eigenvalue weighted by atomic mass is 32.1. The molecule has 14 heavy (non-hydrogen) atoms. The zero-order valence-electron chi connectivity index (χ0n) is 8.06. The molecular formula is C9H13N3OS. The van der Waals surface area contributed by atoms with Crippen molar-refractivity contribution in [3.05, 3.63) is 16.1 Å². The number of hydrogen-bond donors (Lipinski definition) is 1. The fourth-order valence-electron chi connectivity index (χ4n) is 1.48. The molecule has 76 valence electrons. The molecule has 4 nitrogen and oxygen atoms in total. The highest BCUT2D eigenvalue weighted by molar-refractivity contribution is 7.09. The van der Waals surface area contributed by atoms with Gasteiger partial charge in [-0.3, -0.25) is 4.79 Å². The van der Waals surface area contributed by atoms with E-state index in [1.54, 1.807) is 16.2 Å². The molecule has 1 amide bonds. The van der Waals surface area contributed by atoms with Gasteiger partial charge in [0.2, 0.25) is 5.91 Å². The molecular weight excluding hydrogens is 198 g/mol. The molecule has 0 saturated carbocycles. The fraction of sp³-hybridized carbons (Fsp3) is 0.556. The smallest absolute Gasteiger partial charge is 0.241 e. The second-order valence-electron chi connectivity index (χ2n) is 3.52. The van der Waals surface area contributed by atoms with Crippen LogP contribution in [-0.4, -0.2) is 34.9 Å². The predicted octanol–water partition coefficient (Wildman–Crippen LogP) is 0.164. The number of amides is 1. The van der Waals surface area contributed by atoms with Crippen molar-refractivity contribution in [3.8, 4) is 0 Å². The maximum Gasteiger partial charge on any atom is 0.241 e. The first-order valence-corrected chi connectivity index (χ1v) is 5.50. The Labute approximate surface area is 86.7 Å². The lowest BCUT2D eigenvalue weighted by Gasteiger charge is -2.35. The summed E-state index contributed by atoms with van der Waals surface area (Å²) < 4.78 is 0. The van der Waals surface area contributed by atoms with Crippen LogP contribution in [0.15, 0.2) is 5.38 Å². The maximum absolute atomic E-state index is 11.2. The van der Waals surface area contributed by atoms with Gasteiger partial charge in [0.15, 0.2) is 0 Å². The van der Waals surface area contributed by atoms with Gasteiger partial charge in [-0.2, -0.15) is 0 Å². The molecule has 0 radical (unpaired) electrons. The molecule has 1 aliphatic heterocycles. The molecule has 2 N–H and O–H groups in total. The Morgan fingerprint density at radius 2 is 2.57 bits per heavy atom. The quantitative estimate of drug-likeness (QED) is 0.725. The number of aryl methyl sites for hydroxylation is 1. The Morgan fingerprint density at radius 3 is 3.07 bits per heavy atom. The zero-order valence-corrected chi connectivity index (χ0v) is 8.88. The van der Waals surface area contributed by atoms with Gasteiger partial charge in [-0.05, 0) is 6.92 Å². The van der Waals surface area contributed by atoms with Crippen LogP contribution in [0.4, 0.5) is 0 Å². The molecule has 2 heterocycles. The van der Waals surface area contributed by atoms with E-state index in [1.165, 1.54) is 0 Å². The molecule has 1 aromatic heterocycles. The van der Waals surface area contributed by atoms with Gasteiger partial charge in [0.25, 0.3) is 0 Å². The van der Waals surface area contributed by atoms with E-state index < -0.39 is 0 Å². The van der Waals surface area contributed by atoms with E-state index in [0.717, 1.165) is 23.7 Å². The lowest BCUT2D eigenvalue weighted by Crippen LogP contribution is -2.61. The minimum Gasteiger partial charge on any atom is -0.339 e. The second-order valence-corrected chi connectivity index (χ2v) is 4.47. The summed E-state index contributed by atoms with van der Waals surface area (Å²) in [5.41, 5.74) is 6.53. The molecule has 1 atom stereocenters. The molecule has 1 aliphatic rings. The molecule has 1 aromatic rings. The van der Waals surface area contributed by atoms with Crippen molar-refractivity contribution in [2.45, 2.75) is 19.4 Å². The molecule has 1 fully saturated rings. The number of carbonyl (C=O) groups is 1. The maximum atomic E-state index is 11.2. The number of rotatable bonds is 3. The van der Waals surface area contributed by atoms with Crippen molar-refractivity contribution < 1.29 is 4.79 Å². The molecule has 0 aliphatic carbocycles. The fourth-order valence-corrected chi connectivity index (χ4v) is 2.24. The number of likely N-dealkylation sites (tertiary alicyclic amines) is 1. The average Bonchev–Trinajstić information content (AvgIpc) is 2.58. The third kappa shape index (κ3) is 1.78. The Bertz CT molecular complexity index is 350. The largest absolute Gasteiger partial charge is 0.339 e. The molecule has 0 spiro atoms. The summed E-state index contributed by atoms with van der Waals surface area (Å²) in [7, 11) is 0. The van der Waals surface area contributed by atoms with Gasteiger partial charge in [-0.1, -0.05) is 0 Å². The Balaban J connectivity index is 1.81. The van der Waals surface area contributed by atoms with E-state index in [2.05, 4.69) is 4.98 Å². The third-order valence-corrected chi connectivity index (χ3v) is 3.33. The highest BCUT2D eigenvalue weighted by Gasteiger charge is 2.32. The predicted molar refractivity (Wildman–Crippen MR) is 55.1 cm³/mol. The second kappa shape index (κ2) is 3.67. The minimum absolute atomic E-state index is 0.0679. The van der Waals surface area contributed by atoms with Crippen molar-refractivity contribution in [2.24, 2.45) is 5.73 Å². The summed E-state index contributed by atoms with van der Waals surface area (Å²) in [4.78, 5) is 17.3. The van der Waals surface area contributed by atoms with E-state index in [1.807, 2.05) is 12.3 Å². The number of nitrogens with zero attached hydrogens (tertiary/aromatic N) is 2. The lowest BCUT2D eigenvalue weighted by molar-refractivity contribution is -0.142. The Hall–Kier alpha value is -0.940. The normalized spacial score (nSPS) is 21.1. The van der Waals surface area contributed by atoms with E-state index in [9.17, 15) is 4.79 Å². The number of aromatic nitrogens is 1. The molecule has 5 heteroatoms. The van der Waals surface area contributed by atoms with Crippen molar-refractivity contribution in [3.63, 3.8) is 0 Å². The van der Waals surface area contributed by atoms with Gasteiger partial charge in [-0.15, -0.1) is 11.3 Å². The summed E-state index contributed by atoms with van der Waals surface area (Å²) in [6.45, 7) is 3.42. The van der Waals surface area contributed by atoms with Gasteiger partial charge >= 0.3 is 0 Å². The number of hydrogen-bond acceptors (Lipinski definition) is 4. The number of carbonyl (C=O) groups excluding carboxylic acids is 1. The van der Waals surface area contributed by atoms with Crippen LogP contribution in [0.1, 0.15) is 10.7 Å². The van der Waals surface area contributed by atoms with Crippen LogP contribution in [0.25, 0.3) is 0 Å². The first kappa shape index (κ1) is 9.61. The minimum atomic E-state index is -0.256. The lowest BCUT2D eigenvalue weighted by atomic mass is 10.1. The summed E-state index contributed by atoms with van der Waals surface area (Å²) in [6, 6.07) is -0.256. The SMILES string of the molecule is Cc1csc(CCN2CC(N)C2=O)n1. The average molecular weight is 211 g/mol. The van der Waals surface area contributed by atoms with Gasteiger partial charge in [-0.25, -0.2) is 4.98 Å².